The molecule has 2 unspecified atom stereocenters. The van der Waals surface area contributed by atoms with Gasteiger partial charge >= 0.3 is 5.97 Å². The summed E-state index contributed by atoms with van der Waals surface area (Å²) < 4.78 is 0. The smallest absolute Gasteiger partial charge is 0.382 e. The summed E-state index contributed by atoms with van der Waals surface area (Å²) in [7, 11) is 0. The SMILES string of the molecule is CC(C)[C@H]1C(O)[C@@H](C(N)=O)C(=O)[C@]2(O)C(O)[C@H]3C(=O)c4c(O)ccc(C#CC(=O)O)c4C[C@]3(C)C[C@]12C. The molecule has 37 heavy (non-hydrogen) atoms. The maximum absolute atomic E-state index is 13.9. The zero-order chi connectivity index (χ0) is 27.8. The summed E-state index contributed by atoms with van der Waals surface area (Å²) in [5.74, 6) is -4.62. The van der Waals surface area contributed by atoms with Gasteiger partial charge in [0.2, 0.25) is 5.91 Å². The normalized spacial score (nSPS) is 38.6. The molecule has 1 amide bonds. The Hall–Kier alpha value is -3.26. The molecule has 0 radical (unpaired) electrons. The molecule has 7 N–H and O–H groups in total. The van der Waals surface area contributed by atoms with Crippen LogP contribution < -0.4 is 5.73 Å². The number of aliphatic hydroxyl groups is 3. The second-order valence-corrected chi connectivity index (χ2v) is 11.5. The highest BCUT2D eigenvalue weighted by Gasteiger charge is 2.75. The van der Waals surface area contributed by atoms with Crippen molar-refractivity contribution < 1.29 is 44.7 Å². The minimum atomic E-state index is -2.59. The number of phenols is 1. The Kier molecular flexibility index (Phi) is 6.07. The first-order chi connectivity index (χ1) is 17.0. The monoisotopic (exact) mass is 513 g/mol. The fraction of sp³-hybridized carbons (Fsp3) is 0.556. The number of aliphatic carboxylic acids is 1. The van der Waals surface area contributed by atoms with E-state index in [0.717, 1.165) is 0 Å². The number of hydrogen-bond donors (Lipinski definition) is 6. The van der Waals surface area contributed by atoms with Crippen LogP contribution in [0.5, 0.6) is 5.75 Å². The molecule has 0 heterocycles. The van der Waals surface area contributed by atoms with Crippen molar-refractivity contribution >= 4 is 23.4 Å². The van der Waals surface area contributed by atoms with Crippen LogP contribution in [-0.2, 0) is 20.8 Å². The van der Waals surface area contributed by atoms with E-state index in [2.05, 4.69) is 5.92 Å². The van der Waals surface area contributed by atoms with Crippen molar-refractivity contribution in [3.63, 3.8) is 0 Å². The minimum absolute atomic E-state index is 0.0119. The number of primary amides is 1. The summed E-state index contributed by atoms with van der Waals surface area (Å²) in [4.78, 5) is 50.7. The highest BCUT2D eigenvalue weighted by atomic mass is 16.4. The number of carbonyl (C=O) groups excluding carboxylic acids is 3. The van der Waals surface area contributed by atoms with Crippen LogP contribution in [0.4, 0.5) is 0 Å². The first-order valence-electron chi connectivity index (χ1n) is 12.1. The van der Waals surface area contributed by atoms with Crippen LogP contribution >= 0.6 is 0 Å². The lowest BCUT2D eigenvalue weighted by Gasteiger charge is -2.66. The van der Waals surface area contributed by atoms with Crippen LogP contribution in [0.1, 0.15) is 55.6 Å². The Bertz CT molecular complexity index is 1290. The Labute approximate surface area is 213 Å². The molecule has 2 saturated carbocycles. The molecule has 2 fully saturated rings. The molecule has 0 saturated heterocycles. The summed E-state index contributed by atoms with van der Waals surface area (Å²) in [6.07, 6.45) is -3.45. The van der Waals surface area contributed by atoms with Crippen molar-refractivity contribution in [3.8, 4) is 17.6 Å². The number of rotatable bonds is 2. The highest BCUT2D eigenvalue weighted by Crippen LogP contribution is 2.65. The molecule has 0 aromatic heterocycles. The number of aliphatic hydroxyl groups excluding tert-OH is 2. The van der Waals surface area contributed by atoms with Gasteiger partial charge in [-0.2, -0.15) is 0 Å². The third-order valence-electron chi connectivity index (χ3n) is 8.97. The fourth-order valence-corrected chi connectivity index (χ4v) is 7.77. The van der Waals surface area contributed by atoms with Crippen LogP contribution in [0.3, 0.4) is 0 Å². The summed E-state index contributed by atoms with van der Waals surface area (Å²) in [6.45, 7) is 6.79. The fourth-order valence-electron chi connectivity index (χ4n) is 7.77. The first-order valence-corrected chi connectivity index (χ1v) is 12.1. The maximum Gasteiger partial charge on any atom is 0.382 e. The van der Waals surface area contributed by atoms with Gasteiger partial charge in [0.15, 0.2) is 17.2 Å². The number of carbonyl (C=O) groups is 4. The summed E-state index contributed by atoms with van der Waals surface area (Å²) in [5.41, 5.74) is 0.647. The molecule has 0 spiro atoms. The van der Waals surface area contributed by atoms with Crippen LogP contribution in [0, 0.1) is 46.3 Å². The van der Waals surface area contributed by atoms with E-state index in [0.29, 0.717) is 5.56 Å². The maximum atomic E-state index is 13.9. The minimum Gasteiger partial charge on any atom is -0.507 e. The molecule has 1 aromatic carbocycles. The number of amides is 1. The third-order valence-corrected chi connectivity index (χ3v) is 8.97. The van der Waals surface area contributed by atoms with Gasteiger partial charge in [-0.05, 0) is 47.8 Å². The van der Waals surface area contributed by atoms with Gasteiger partial charge < -0.3 is 31.3 Å². The van der Waals surface area contributed by atoms with E-state index in [9.17, 15) is 39.6 Å². The molecule has 0 bridgehead atoms. The largest absolute Gasteiger partial charge is 0.507 e. The molecule has 3 aliphatic carbocycles. The number of carboxylic acid groups (broad SMARTS) is 1. The van der Waals surface area contributed by atoms with Crippen LogP contribution in [0.25, 0.3) is 0 Å². The molecule has 8 atom stereocenters. The molecule has 10 heteroatoms. The highest BCUT2D eigenvalue weighted by molar-refractivity contribution is 6.09. The van der Waals surface area contributed by atoms with Crippen LogP contribution in [0.15, 0.2) is 12.1 Å². The lowest BCUT2D eigenvalue weighted by molar-refractivity contribution is -0.265. The Morgan fingerprint density at radius 3 is 2.32 bits per heavy atom. The van der Waals surface area contributed by atoms with Gasteiger partial charge in [0.05, 0.1) is 17.6 Å². The van der Waals surface area contributed by atoms with E-state index in [1.54, 1.807) is 27.7 Å². The Morgan fingerprint density at radius 1 is 1.16 bits per heavy atom. The number of phenolic OH excluding ortho intramolecular Hbond substituents is 1. The average Bonchev–Trinajstić information content (AvgIpc) is 2.75. The number of benzene rings is 1. The number of carboxylic acids is 1. The quantitative estimate of drug-likeness (QED) is 0.233. The van der Waals surface area contributed by atoms with Crippen LogP contribution in [0.2, 0.25) is 0 Å². The van der Waals surface area contributed by atoms with Gasteiger partial charge in [-0.3, -0.25) is 14.4 Å². The van der Waals surface area contributed by atoms with Crippen molar-refractivity contribution in [2.75, 3.05) is 0 Å². The second kappa shape index (κ2) is 8.38. The summed E-state index contributed by atoms with van der Waals surface area (Å²) in [5, 5.41) is 54.4. The number of aromatic hydroxyl groups is 1. The molecular weight excluding hydrogens is 482 g/mol. The summed E-state index contributed by atoms with van der Waals surface area (Å²) >= 11 is 0. The zero-order valence-electron chi connectivity index (χ0n) is 21.0. The number of Topliss-reactive ketones (excluding diaryl/α,β-unsaturated/α-hetero) is 2. The van der Waals surface area contributed by atoms with Gasteiger partial charge in [-0.1, -0.05) is 33.6 Å². The number of ketones is 2. The molecule has 3 aliphatic rings. The van der Waals surface area contributed by atoms with Gasteiger partial charge in [0.1, 0.15) is 17.8 Å². The standard InChI is InChI=1S/C27H31NO9/c1-11(2)18-21(33)17(24(28)36)22(34)27(37)23(35)19-20(32)16-13(9-25(19,3)10-26(18,27)4)12(5-7-14(16)29)6-8-15(30)31/h5,7,11,17-19,21,23,29,33,35,37H,9-10H2,1-4H3,(H2,28,36)(H,30,31)/t17-,18+,19-,21?,23?,25-,26-,27+/m1/s1. The number of nitrogens with two attached hydrogens (primary N) is 1. The Balaban J connectivity index is 1.97. The van der Waals surface area contributed by atoms with Gasteiger partial charge in [-0.25, -0.2) is 4.79 Å². The van der Waals surface area contributed by atoms with Crippen LogP contribution in [-0.4, -0.2) is 66.8 Å². The van der Waals surface area contributed by atoms with Crippen molar-refractivity contribution in [3.05, 3.63) is 28.8 Å². The number of hydrogen-bond acceptors (Lipinski definition) is 8. The molecule has 0 aliphatic heterocycles. The average molecular weight is 514 g/mol. The first kappa shape index (κ1) is 26.8. The lowest BCUT2D eigenvalue weighted by Crippen LogP contribution is -2.79. The van der Waals surface area contributed by atoms with Gasteiger partial charge in [0, 0.05) is 16.9 Å². The van der Waals surface area contributed by atoms with Crippen molar-refractivity contribution in [1.82, 2.24) is 0 Å². The number of fused-ring (bicyclic) bond motifs is 3. The van der Waals surface area contributed by atoms with E-state index < -0.39 is 75.6 Å². The van der Waals surface area contributed by atoms with Gasteiger partial charge in [-0.15, -0.1) is 0 Å². The van der Waals surface area contributed by atoms with E-state index in [4.69, 9.17) is 10.8 Å². The van der Waals surface area contributed by atoms with E-state index in [1.165, 1.54) is 12.1 Å². The third kappa shape index (κ3) is 3.45. The van der Waals surface area contributed by atoms with Crippen molar-refractivity contribution in [1.29, 1.82) is 0 Å². The molecule has 4 rings (SSSR count). The Morgan fingerprint density at radius 2 is 1.78 bits per heavy atom. The zero-order valence-corrected chi connectivity index (χ0v) is 21.0. The van der Waals surface area contributed by atoms with E-state index >= 15 is 0 Å². The van der Waals surface area contributed by atoms with Gasteiger partial charge in [0.25, 0.3) is 0 Å². The van der Waals surface area contributed by atoms with E-state index in [1.807, 2.05) is 5.92 Å². The van der Waals surface area contributed by atoms with Crippen molar-refractivity contribution in [2.24, 2.45) is 40.2 Å². The predicted molar refractivity (Wildman–Crippen MR) is 128 cm³/mol. The molecule has 10 nitrogen and oxygen atoms in total. The second-order valence-electron chi connectivity index (χ2n) is 11.5. The molecule has 1 aromatic rings. The summed E-state index contributed by atoms with van der Waals surface area (Å²) in [6, 6.07) is 2.60. The molecule has 198 valence electrons. The lowest BCUT2D eigenvalue weighted by atomic mass is 9.39. The molecular formula is C27H31NO9. The topological polar surface area (TPSA) is 195 Å². The van der Waals surface area contributed by atoms with E-state index in [-0.39, 0.29) is 29.9 Å². The van der Waals surface area contributed by atoms with Crippen molar-refractivity contribution in [2.45, 2.75) is 58.3 Å². The predicted octanol–water partition coefficient (Wildman–Crippen LogP) is 0.00890.